The van der Waals surface area contributed by atoms with E-state index in [0.29, 0.717) is 17.3 Å². The molecule has 1 N–H and O–H groups in total. The predicted molar refractivity (Wildman–Crippen MR) is 102 cm³/mol. The van der Waals surface area contributed by atoms with Crippen LogP contribution < -0.4 is 5.32 Å². The summed E-state index contributed by atoms with van der Waals surface area (Å²) >= 11 is 0. The van der Waals surface area contributed by atoms with Crippen molar-refractivity contribution in [2.24, 2.45) is 0 Å². The molecule has 5 nitrogen and oxygen atoms in total. The molecule has 0 radical (unpaired) electrons. The SMILES string of the molecule is C=C1C=C(C(=O)OC(C)C)C(C)=C(C(=C)N2CCC(N(C)C)CC2)N1. The summed E-state index contributed by atoms with van der Waals surface area (Å²) in [6.07, 6.45) is 3.81. The number of hydrogen-bond acceptors (Lipinski definition) is 5. The highest BCUT2D eigenvalue weighted by atomic mass is 16.5. The van der Waals surface area contributed by atoms with Gasteiger partial charge in [0.1, 0.15) is 0 Å². The summed E-state index contributed by atoms with van der Waals surface area (Å²) in [5, 5.41) is 3.28. The number of allylic oxidation sites excluding steroid dienone is 1. The van der Waals surface area contributed by atoms with Crippen LogP contribution in [-0.2, 0) is 9.53 Å². The molecule has 0 unspecified atom stereocenters. The van der Waals surface area contributed by atoms with Gasteiger partial charge in [-0.3, -0.25) is 0 Å². The maximum Gasteiger partial charge on any atom is 0.338 e. The molecule has 2 heterocycles. The molecule has 1 fully saturated rings. The van der Waals surface area contributed by atoms with Gasteiger partial charge in [0.05, 0.1) is 23.1 Å². The molecule has 25 heavy (non-hydrogen) atoms. The largest absolute Gasteiger partial charge is 0.459 e. The molecule has 2 aliphatic rings. The number of dihydropyridines is 1. The van der Waals surface area contributed by atoms with Gasteiger partial charge in [0.25, 0.3) is 0 Å². The van der Waals surface area contributed by atoms with Crippen LogP contribution in [0.25, 0.3) is 0 Å². The molecular weight excluding hydrogens is 314 g/mol. The van der Waals surface area contributed by atoms with Crippen molar-refractivity contribution in [2.45, 2.75) is 45.8 Å². The average Bonchev–Trinajstić information content (AvgIpc) is 2.55. The second kappa shape index (κ2) is 7.91. The van der Waals surface area contributed by atoms with Gasteiger partial charge >= 0.3 is 5.97 Å². The minimum absolute atomic E-state index is 0.152. The first kappa shape index (κ1) is 19.3. The van der Waals surface area contributed by atoms with Gasteiger partial charge in [0.15, 0.2) is 0 Å². The zero-order valence-corrected chi connectivity index (χ0v) is 16.2. The van der Waals surface area contributed by atoms with Gasteiger partial charge < -0.3 is 19.9 Å². The molecule has 0 aromatic rings. The number of rotatable bonds is 5. The van der Waals surface area contributed by atoms with Crippen LogP contribution in [0.2, 0.25) is 0 Å². The molecule has 0 atom stereocenters. The van der Waals surface area contributed by atoms with Crippen molar-refractivity contribution in [3.05, 3.63) is 47.5 Å². The highest BCUT2D eigenvalue weighted by Crippen LogP contribution is 2.29. The number of carbonyl (C=O) groups excluding carboxylic acids is 1. The molecule has 0 bridgehead atoms. The van der Waals surface area contributed by atoms with Gasteiger partial charge in [-0.2, -0.15) is 0 Å². The van der Waals surface area contributed by atoms with Crippen LogP contribution in [-0.4, -0.2) is 55.1 Å². The zero-order valence-electron chi connectivity index (χ0n) is 16.2. The van der Waals surface area contributed by atoms with E-state index in [9.17, 15) is 4.79 Å². The third kappa shape index (κ3) is 4.54. The van der Waals surface area contributed by atoms with Crippen molar-refractivity contribution >= 4 is 5.97 Å². The van der Waals surface area contributed by atoms with Crippen molar-refractivity contribution < 1.29 is 9.53 Å². The Morgan fingerprint density at radius 1 is 1.36 bits per heavy atom. The minimum Gasteiger partial charge on any atom is -0.459 e. The molecule has 0 aromatic carbocycles. The Hall–Kier alpha value is -2.01. The van der Waals surface area contributed by atoms with Gasteiger partial charge in [-0.05, 0) is 59.4 Å². The summed E-state index contributed by atoms with van der Waals surface area (Å²) in [6, 6.07) is 0.616. The lowest BCUT2D eigenvalue weighted by Crippen LogP contribution is -2.42. The zero-order chi connectivity index (χ0) is 18.7. The molecular formula is C20H31N3O2. The van der Waals surface area contributed by atoms with E-state index < -0.39 is 0 Å². The van der Waals surface area contributed by atoms with E-state index in [4.69, 9.17) is 4.74 Å². The van der Waals surface area contributed by atoms with Crippen LogP contribution in [0, 0.1) is 0 Å². The molecule has 0 aromatic heterocycles. The number of ether oxygens (including phenoxy) is 1. The molecule has 138 valence electrons. The molecule has 2 aliphatic heterocycles. The first-order chi connectivity index (χ1) is 11.7. The van der Waals surface area contributed by atoms with Crippen LogP contribution in [0.15, 0.2) is 47.5 Å². The Labute approximate surface area is 151 Å². The normalized spacial score (nSPS) is 19.2. The summed E-state index contributed by atoms with van der Waals surface area (Å²) in [7, 11) is 4.26. The Kier molecular flexibility index (Phi) is 6.11. The van der Waals surface area contributed by atoms with Crippen LogP contribution in [0.5, 0.6) is 0 Å². The Bertz CT molecular complexity index is 621. The first-order valence-electron chi connectivity index (χ1n) is 8.91. The standard InChI is InChI=1S/C20H31N3O2/c1-13(2)25-20(24)18-12-14(3)21-19(15(18)4)16(5)23-10-8-17(9-11-23)22(6)7/h12-13,17,21H,3,5,8-11H2,1-2,4,6-7H3. The monoisotopic (exact) mass is 345 g/mol. The van der Waals surface area contributed by atoms with Crippen molar-refractivity contribution in [3.8, 4) is 0 Å². The Morgan fingerprint density at radius 3 is 2.48 bits per heavy atom. The van der Waals surface area contributed by atoms with Gasteiger partial charge in [0, 0.05) is 24.8 Å². The molecule has 0 spiro atoms. The second-order valence-corrected chi connectivity index (χ2v) is 7.29. The van der Waals surface area contributed by atoms with Gasteiger partial charge in [-0.25, -0.2) is 4.79 Å². The molecule has 1 saturated heterocycles. The number of piperidine rings is 1. The fraction of sp³-hybridized carbons (Fsp3) is 0.550. The third-order valence-electron chi connectivity index (χ3n) is 4.81. The molecule has 0 aliphatic carbocycles. The summed E-state index contributed by atoms with van der Waals surface area (Å²) in [4.78, 5) is 17.0. The molecule has 0 amide bonds. The fourth-order valence-electron chi connectivity index (χ4n) is 3.30. The maximum atomic E-state index is 12.4. The van der Waals surface area contributed by atoms with Gasteiger partial charge in [-0.1, -0.05) is 13.2 Å². The van der Waals surface area contributed by atoms with Crippen molar-refractivity contribution in [1.29, 1.82) is 0 Å². The summed E-state index contributed by atoms with van der Waals surface area (Å²) in [5.74, 6) is -0.313. The fourth-order valence-corrected chi connectivity index (χ4v) is 3.30. The summed E-state index contributed by atoms with van der Waals surface area (Å²) in [6.45, 7) is 15.8. The van der Waals surface area contributed by atoms with Crippen LogP contribution in [0.1, 0.15) is 33.6 Å². The van der Waals surface area contributed by atoms with Gasteiger partial charge in [-0.15, -0.1) is 0 Å². The number of nitrogens with one attached hydrogen (secondary N) is 1. The second-order valence-electron chi connectivity index (χ2n) is 7.29. The quantitative estimate of drug-likeness (QED) is 0.776. The lowest BCUT2D eigenvalue weighted by molar-refractivity contribution is -0.142. The van der Waals surface area contributed by atoms with E-state index in [2.05, 4.69) is 42.4 Å². The van der Waals surface area contributed by atoms with E-state index >= 15 is 0 Å². The first-order valence-corrected chi connectivity index (χ1v) is 8.91. The number of likely N-dealkylation sites (tertiary alicyclic amines) is 1. The smallest absolute Gasteiger partial charge is 0.338 e. The Balaban J connectivity index is 2.16. The van der Waals surface area contributed by atoms with Crippen LogP contribution in [0.4, 0.5) is 0 Å². The number of carbonyl (C=O) groups is 1. The van der Waals surface area contributed by atoms with Gasteiger partial charge in [0.2, 0.25) is 0 Å². The van der Waals surface area contributed by atoms with Crippen LogP contribution in [0.3, 0.4) is 0 Å². The maximum absolute atomic E-state index is 12.4. The lowest BCUT2D eigenvalue weighted by Gasteiger charge is -2.39. The van der Waals surface area contributed by atoms with E-state index in [1.165, 1.54) is 0 Å². The topological polar surface area (TPSA) is 44.8 Å². The number of hydrogen-bond donors (Lipinski definition) is 1. The van der Waals surface area contributed by atoms with E-state index in [1.54, 1.807) is 6.08 Å². The van der Waals surface area contributed by atoms with Crippen LogP contribution >= 0.6 is 0 Å². The summed E-state index contributed by atoms with van der Waals surface area (Å²) < 4.78 is 5.36. The number of esters is 1. The molecule has 2 rings (SSSR count). The number of nitrogens with zero attached hydrogens (tertiary/aromatic N) is 2. The Morgan fingerprint density at radius 2 is 1.96 bits per heavy atom. The third-order valence-corrected chi connectivity index (χ3v) is 4.81. The molecule has 5 heteroatoms. The molecule has 0 saturated carbocycles. The van der Waals surface area contributed by atoms with Crippen molar-refractivity contribution in [2.75, 3.05) is 27.2 Å². The van der Waals surface area contributed by atoms with E-state index in [-0.39, 0.29) is 12.1 Å². The highest BCUT2D eigenvalue weighted by Gasteiger charge is 2.27. The van der Waals surface area contributed by atoms with Crippen molar-refractivity contribution in [1.82, 2.24) is 15.1 Å². The highest BCUT2D eigenvalue weighted by molar-refractivity contribution is 5.95. The van der Waals surface area contributed by atoms with E-state index in [1.807, 2.05) is 20.8 Å². The summed E-state index contributed by atoms with van der Waals surface area (Å²) in [5.41, 5.74) is 3.88. The van der Waals surface area contributed by atoms with E-state index in [0.717, 1.165) is 42.9 Å². The minimum atomic E-state index is -0.313. The van der Waals surface area contributed by atoms with Crippen molar-refractivity contribution in [3.63, 3.8) is 0 Å². The average molecular weight is 345 g/mol. The predicted octanol–water partition coefficient (Wildman–Crippen LogP) is 2.80. The lowest BCUT2D eigenvalue weighted by atomic mass is 9.97.